The summed E-state index contributed by atoms with van der Waals surface area (Å²) >= 11 is 0. The molecular weight excluding hydrogens is 272 g/mol. The van der Waals surface area contributed by atoms with E-state index in [9.17, 15) is 4.79 Å². The summed E-state index contributed by atoms with van der Waals surface area (Å²) in [6.45, 7) is 10.2. The summed E-state index contributed by atoms with van der Waals surface area (Å²) < 4.78 is 5.85. The zero-order valence-electron chi connectivity index (χ0n) is 14.3. The molecule has 2 aromatic carbocycles. The fraction of sp³-hybridized carbons (Fsp3) is 0.450. The number of fused-ring (bicyclic) bond motifs is 1. The number of Topliss-reactive ketones (excluding diaryl/α,β-unsaturated/α-hetero) is 1. The van der Waals surface area contributed by atoms with Crippen LogP contribution in [0.25, 0.3) is 10.8 Å². The van der Waals surface area contributed by atoms with Gasteiger partial charge in [-0.05, 0) is 48.7 Å². The molecule has 0 aromatic heterocycles. The van der Waals surface area contributed by atoms with Crippen LogP contribution in [-0.4, -0.2) is 11.9 Å². The minimum atomic E-state index is -0.312. The van der Waals surface area contributed by atoms with Gasteiger partial charge in [0.15, 0.2) is 5.78 Å². The first-order chi connectivity index (χ1) is 10.4. The van der Waals surface area contributed by atoms with Crippen molar-refractivity contribution in [2.24, 2.45) is 5.41 Å². The first-order valence-corrected chi connectivity index (χ1v) is 8.12. The molecule has 118 valence electrons. The van der Waals surface area contributed by atoms with Gasteiger partial charge in [0, 0.05) is 11.0 Å². The van der Waals surface area contributed by atoms with Crippen molar-refractivity contribution in [2.45, 2.75) is 53.6 Å². The van der Waals surface area contributed by atoms with Crippen molar-refractivity contribution in [1.82, 2.24) is 0 Å². The maximum atomic E-state index is 12.6. The molecule has 1 unspecified atom stereocenters. The summed E-state index contributed by atoms with van der Waals surface area (Å²) in [4.78, 5) is 12.6. The van der Waals surface area contributed by atoms with Gasteiger partial charge >= 0.3 is 0 Å². The van der Waals surface area contributed by atoms with Crippen molar-refractivity contribution < 1.29 is 9.53 Å². The minimum Gasteiger partial charge on any atom is -0.491 e. The van der Waals surface area contributed by atoms with Gasteiger partial charge in [0.25, 0.3) is 0 Å². The Bertz CT molecular complexity index is 670. The molecule has 0 heterocycles. The molecule has 0 aliphatic rings. The van der Waals surface area contributed by atoms with E-state index in [1.165, 1.54) is 0 Å². The number of ketones is 1. The van der Waals surface area contributed by atoms with Crippen molar-refractivity contribution in [1.29, 1.82) is 0 Å². The van der Waals surface area contributed by atoms with Gasteiger partial charge in [0.2, 0.25) is 0 Å². The van der Waals surface area contributed by atoms with Crippen molar-refractivity contribution in [3.05, 3.63) is 42.0 Å². The van der Waals surface area contributed by atoms with E-state index in [0.717, 1.165) is 34.9 Å². The van der Waals surface area contributed by atoms with Crippen LogP contribution in [0.5, 0.6) is 5.75 Å². The zero-order chi connectivity index (χ0) is 16.3. The second kappa shape index (κ2) is 6.51. The molecule has 0 aliphatic carbocycles. The topological polar surface area (TPSA) is 26.3 Å². The van der Waals surface area contributed by atoms with Crippen LogP contribution in [0, 0.1) is 5.41 Å². The highest BCUT2D eigenvalue weighted by molar-refractivity contribution is 6.03. The molecule has 0 saturated carbocycles. The number of hydrogen-bond donors (Lipinski definition) is 0. The molecule has 0 N–H and O–H groups in total. The van der Waals surface area contributed by atoms with Crippen molar-refractivity contribution in [3.63, 3.8) is 0 Å². The molecule has 2 nitrogen and oxygen atoms in total. The number of hydrogen-bond acceptors (Lipinski definition) is 2. The summed E-state index contributed by atoms with van der Waals surface area (Å²) in [5.41, 5.74) is 0.475. The number of carbonyl (C=O) groups is 1. The van der Waals surface area contributed by atoms with Crippen LogP contribution in [-0.2, 0) is 0 Å². The largest absolute Gasteiger partial charge is 0.491 e. The Balaban J connectivity index is 2.33. The molecular formula is C20H26O2. The van der Waals surface area contributed by atoms with E-state index in [1.807, 2.05) is 50.2 Å². The summed E-state index contributed by atoms with van der Waals surface area (Å²) in [7, 11) is 0. The average molecular weight is 298 g/mol. The second-order valence-electron chi connectivity index (χ2n) is 6.63. The highest BCUT2D eigenvalue weighted by Crippen LogP contribution is 2.28. The fourth-order valence-electron chi connectivity index (χ4n) is 2.31. The Kier molecular flexibility index (Phi) is 4.90. The van der Waals surface area contributed by atoms with E-state index in [1.54, 1.807) is 0 Å². The van der Waals surface area contributed by atoms with E-state index >= 15 is 0 Å². The van der Waals surface area contributed by atoms with Crippen molar-refractivity contribution in [3.8, 4) is 5.75 Å². The third-order valence-corrected chi connectivity index (χ3v) is 4.48. The monoisotopic (exact) mass is 298 g/mol. The summed E-state index contributed by atoms with van der Waals surface area (Å²) in [6.07, 6.45) is 2.03. The Hall–Kier alpha value is -1.83. The molecule has 2 heteroatoms. The summed E-state index contributed by atoms with van der Waals surface area (Å²) in [6, 6.07) is 12.0. The predicted octanol–water partition coefficient (Wildman–Crippen LogP) is 5.64. The van der Waals surface area contributed by atoms with E-state index in [0.29, 0.717) is 0 Å². The Morgan fingerprint density at radius 1 is 1.09 bits per heavy atom. The van der Waals surface area contributed by atoms with Gasteiger partial charge in [-0.2, -0.15) is 0 Å². The lowest BCUT2D eigenvalue weighted by atomic mass is 9.81. The third-order valence-electron chi connectivity index (χ3n) is 4.48. The van der Waals surface area contributed by atoms with Crippen LogP contribution in [0.15, 0.2) is 36.4 Å². The lowest BCUT2D eigenvalue weighted by Gasteiger charge is -2.21. The summed E-state index contributed by atoms with van der Waals surface area (Å²) in [5.74, 6) is 1.09. The Morgan fingerprint density at radius 2 is 1.73 bits per heavy atom. The van der Waals surface area contributed by atoms with Crippen LogP contribution >= 0.6 is 0 Å². The Morgan fingerprint density at radius 3 is 2.36 bits per heavy atom. The van der Waals surface area contributed by atoms with Crippen LogP contribution in [0.4, 0.5) is 0 Å². The first-order valence-electron chi connectivity index (χ1n) is 8.12. The molecule has 0 bridgehead atoms. The van der Waals surface area contributed by atoms with Crippen molar-refractivity contribution >= 4 is 16.6 Å². The molecule has 0 aliphatic heterocycles. The lowest BCUT2D eigenvalue weighted by Crippen LogP contribution is -2.23. The van der Waals surface area contributed by atoms with Crippen LogP contribution in [0.2, 0.25) is 0 Å². The highest BCUT2D eigenvalue weighted by atomic mass is 16.5. The number of ether oxygens (including phenoxy) is 1. The smallest absolute Gasteiger partial charge is 0.168 e. The predicted molar refractivity (Wildman–Crippen MR) is 92.7 cm³/mol. The molecule has 0 fully saturated rings. The van der Waals surface area contributed by atoms with Crippen LogP contribution in [0.1, 0.15) is 57.8 Å². The fourth-order valence-corrected chi connectivity index (χ4v) is 2.31. The molecule has 1 atom stereocenters. The van der Waals surface area contributed by atoms with Gasteiger partial charge in [-0.15, -0.1) is 0 Å². The van der Waals surface area contributed by atoms with Gasteiger partial charge in [0.1, 0.15) is 5.75 Å². The SMILES string of the molecule is CCC(C)Oc1ccc2cc(C(=O)C(C)(C)CC)ccc2c1. The lowest BCUT2D eigenvalue weighted by molar-refractivity contribution is 0.0833. The van der Waals surface area contributed by atoms with Gasteiger partial charge in [-0.1, -0.05) is 45.9 Å². The van der Waals surface area contributed by atoms with E-state index in [2.05, 4.69) is 20.8 Å². The number of benzene rings is 2. The maximum Gasteiger partial charge on any atom is 0.168 e. The molecule has 0 amide bonds. The average Bonchev–Trinajstić information content (AvgIpc) is 2.53. The van der Waals surface area contributed by atoms with Crippen LogP contribution in [0.3, 0.4) is 0 Å². The van der Waals surface area contributed by atoms with Gasteiger partial charge < -0.3 is 4.74 Å². The minimum absolute atomic E-state index is 0.205. The van der Waals surface area contributed by atoms with E-state index in [4.69, 9.17) is 4.74 Å². The molecule has 2 aromatic rings. The quantitative estimate of drug-likeness (QED) is 0.645. The van der Waals surface area contributed by atoms with Gasteiger partial charge in [-0.3, -0.25) is 4.79 Å². The molecule has 0 spiro atoms. The molecule has 2 rings (SSSR count). The van der Waals surface area contributed by atoms with E-state index < -0.39 is 0 Å². The second-order valence-corrected chi connectivity index (χ2v) is 6.63. The normalized spacial score (nSPS) is 13.1. The number of rotatable bonds is 6. The third kappa shape index (κ3) is 3.49. The van der Waals surface area contributed by atoms with Gasteiger partial charge in [-0.25, -0.2) is 0 Å². The number of carbonyl (C=O) groups excluding carboxylic acids is 1. The van der Waals surface area contributed by atoms with Crippen LogP contribution < -0.4 is 4.74 Å². The summed E-state index contributed by atoms with van der Waals surface area (Å²) in [5, 5.41) is 2.18. The molecule has 22 heavy (non-hydrogen) atoms. The first kappa shape index (κ1) is 16.5. The van der Waals surface area contributed by atoms with E-state index in [-0.39, 0.29) is 17.3 Å². The van der Waals surface area contributed by atoms with Gasteiger partial charge in [0.05, 0.1) is 6.10 Å². The Labute approximate surface area is 133 Å². The maximum absolute atomic E-state index is 12.6. The molecule has 0 radical (unpaired) electrons. The zero-order valence-corrected chi connectivity index (χ0v) is 14.3. The standard InChI is InChI=1S/C20H26O2/c1-6-14(3)22-18-11-10-15-12-17(9-8-16(15)13-18)19(21)20(4,5)7-2/h8-14H,6-7H2,1-5H3. The highest BCUT2D eigenvalue weighted by Gasteiger charge is 2.26. The molecule has 0 saturated heterocycles. The van der Waals surface area contributed by atoms with Crippen molar-refractivity contribution in [2.75, 3.05) is 0 Å².